The van der Waals surface area contributed by atoms with Crippen molar-refractivity contribution in [3.63, 3.8) is 0 Å². The van der Waals surface area contributed by atoms with Gasteiger partial charge in [-0.2, -0.15) is 0 Å². The lowest BCUT2D eigenvalue weighted by molar-refractivity contribution is -0.122. The number of aryl methyl sites for hydroxylation is 1. The molecule has 0 bridgehead atoms. The van der Waals surface area contributed by atoms with E-state index in [0.29, 0.717) is 6.54 Å². The first-order valence-electron chi connectivity index (χ1n) is 8.49. The number of nitrogens with one attached hydrogen (secondary N) is 1. The van der Waals surface area contributed by atoms with Crippen LogP contribution in [0, 0.1) is 0 Å². The molecule has 0 unspecified atom stereocenters. The van der Waals surface area contributed by atoms with Crippen LogP contribution >= 0.6 is 11.3 Å². The predicted octanol–water partition coefficient (Wildman–Crippen LogP) is 2.01. The number of carbonyl (C=O) groups is 1. The van der Waals surface area contributed by atoms with Crippen LogP contribution in [0.15, 0.2) is 41.9 Å². The molecule has 0 aliphatic carbocycles. The summed E-state index contributed by atoms with van der Waals surface area (Å²) in [5.74, 6) is 0.130. The van der Waals surface area contributed by atoms with E-state index in [-0.39, 0.29) is 5.91 Å². The molecular weight excluding hydrogens is 320 g/mol. The Hall–Kier alpha value is -1.92. The first-order chi connectivity index (χ1) is 11.8. The molecule has 0 saturated carbocycles. The number of hydrogen-bond donors (Lipinski definition) is 1. The molecule has 2 heterocycles. The molecule has 3 rings (SSSR count). The minimum atomic E-state index is 0.130. The molecular formula is C18H24N4OS. The van der Waals surface area contributed by atoms with Crippen LogP contribution in [0.5, 0.6) is 0 Å². The second-order valence-corrected chi connectivity index (χ2v) is 6.89. The van der Waals surface area contributed by atoms with Crippen LogP contribution in [0.1, 0.15) is 12.0 Å². The molecule has 1 aliphatic rings. The fourth-order valence-corrected chi connectivity index (χ4v) is 3.59. The van der Waals surface area contributed by atoms with Gasteiger partial charge < -0.3 is 10.2 Å². The zero-order valence-electron chi connectivity index (χ0n) is 13.9. The summed E-state index contributed by atoms with van der Waals surface area (Å²) in [6.07, 6.45) is 3.83. The van der Waals surface area contributed by atoms with Crippen molar-refractivity contribution < 1.29 is 4.79 Å². The second-order valence-electron chi connectivity index (χ2n) is 6.02. The summed E-state index contributed by atoms with van der Waals surface area (Å²) in [6.45, 7) is 4.95. The third-order valence-corrected chi connectivity index (χ3v) is 5.07. The Labute approximate surface area is 147 Å². The average molecular weight is 344 g/mol. The molecule has 128 valence electrons. The highest BCUT2D eigenvalue weighted by molar-refractivity contribution is 7.13. The van der Waals surface area contributed by atoms with Crippen LogP contribution in [-0.4, -0.2) is 55.1 Å². The maximum absolute atomic E-state index is 12.1. The van der Waals surface area contributed by atoms with E-state index in [1.165, 1.54) is 5.56 Å². The van der Waals surface area contributed by atoms with Crippen molar-refractivity contribution in [3.05, 3.63) is 47.5 Å². The Balaban J connectivity index is 1.30. The number of aromatic nitrogens is 1. The summed E-state index contributed by atoms with van der Waals surface area (Å²) in [5, 5.41) is 6.12. The lowest BCUT2D eigenvalue weighted by atomic mass is 10.1. The zero-order valence-corrected chi connectivity index (χ0v) is 14.7. The quantitative estimate of drug-likeness (QED) is 0.781. The lowest BCUT2D eigenvalue weighted by Gasteiger charge is -2.34. The first-order valence-corrected chi connectivity index (χ1v) is 9.36. The summed E-state index contributed by atoms with van der Waals surface area (Å²) in [6, 6.07) is 10.4. The summed E-state index contributed by atoms with van der Waals surface area (Å²) in [4.78, 5) is 20.9. The molecule has 1 fully saturated rings. The summed E-state index contributed by atoms with van der Waals surface area (Å²) < 4.78 is 0. The number of benzene rings is 1. The molecule has 0 spiro atoms. The molecule has 0 atom stereocenters. The van der Waals surface area contributed by atoms with Gasteiger partial charge in [-0.05, 0) is 18.4 Å². The molecule has 1 N–H and O–H groups in total. The summed E-state index contributed by atoms with van der Waals surface area (Å²) >= 11 is 1.67. The van der Waals surface area contributed by atoms with Crippen molar-refractivity contribution in [2.24, 2.45) is 0 Å². The largest absolute Gasteiger partial charge is 0.355 e. The van der Waals surface area contributed by atoms with Crippen molar-refractivity contribution in [1.29, 1.82) is 0 Å². The number of nitrogens with zero attached hydrogens (tertiary/aromatic N) is 3. The highest BCUT2D eigenvalue weighted by Crippen LogP contribution is 2.18. The molecule has 1 aliphatic heterocycles. The van der Waals surface area contributed by atoms with Gasteiger partial charge in [-0.25, -0.2) is 4.98 Å². The maximum atomic E-state index is 12.1. The summed E-state index contributed by atoms with van der Waals surface area (Å²) in [7, 11) is 0. The zero-order chi connectivity index (χ0) is 16.6. The molecule has 1 saturated heterocycles. The van der Waals surface area contributed by atoms with E-state index >= 15 is 0 Å². The van der Waals surface area contributed by atoms with Gasteiger partial charge in [0, 0.05) is 44.3 Å². The second kappa shape index (κ2) is 8.80. The Kier molecular flexibility index (Phi) is 6.20. The predicted molar refractivity (Wildman–Crippen MR) is 98.5 cm³/mol. The van der Waals surface area contributed by atoms with Crippen molar-refractivity contribution in [2.45, 2.75) is 12.8 Å². The van der Waals surface area contributed by atoms with Gasteiger partial charge >= 0.3 is 0 Å². The van der Waals surface area contributed by atoms with Gasteiger partial charge in [0.1, 0.15) is 0 Å². The van der Waals surface area contributed by atoms with Crippen LogP contribution in [0.3, 0.4) is 0 Å². The number of rotatable bonds is 7. The topological polar surface area (TPSA) is 48.5 Å². The fraction of sp³-hybridized carbons (Fsp3) is 0.444. The van der Waals surface area contributed by atoms with Gasteiger partial charge in [0.25, 0.3) is 0 Å². The Morgan fingerprint density at radius 3 is 2.67 bits per heavy atom. The third kappa shape index (κ3) is 5.04. The van der Waals surface area contributed by atoms with Gasteiger partial charge in [0.15, 0.2) is 5.13 Å². The standard InChI is InChI=1S/C18H24N4OS/c23-17(19-8-4-7-16-5-2-1-3-6-16)15-21-10-12-22(13-11-21)18-20-9-14-24-18/h1-3,5-6,9,14H,4,7-8,10-13,15H2,(H,19,23). The van der Waals surface area contributed by atoms with E-state index in [1.807, 2.05) is 17.6 Å². The van der Waals surface area contributed by atoms with E-state index in [9.17, 15) is 4.79 Å². The summed E-state index contributed by atoms with van der Waals surface area (Å²) in [5.41, 5.74) is 1.32. The molecule has 5 nitrogen and oxygen atoms in total. The Morgan fingerprint density at radius 2 is 1.96 bits per heavy atom. The minimum absolute atomic E-state index is 0.130. The Morgan fingerprint density at radius 1 is 1.17 bits per heavy atom. The van der Waals surface area contributed by atoms with Crippen LogP contribution in [-0.2, 0) is 11.2 Å². The SMILES string of the molecule is O=C(CN1CCN(c2nccs2)CC1)NCCCc1ccccc1. The minimum Gasteiger partial charge on any atom is -0.355 e. The molecule has 2 aromatic rings. The Bertz CT molecular complexity index is 609. The molecule has 1 aromatic heterocycles. The highest BCUT2D eigenvalue weighted by atomic mass is 32.1. The lowest BCUT2D eigenvalue weighted by Crippen LogP contribution is -2.49. The monoisotopic (exact) mass is 344 g/mol. The fourth-order valence-electron chi connectivity index (χ4n) is 2.89. The number of carbonyl (C=O) groups excluding carboxylic acids is 1. The third-order valence-electron chi connectivity index (χ3n) is 4.24. The van der Waals surface area contributed by atoms with Crippen LogP contribution in [0.25, 0.3) is 0 Å². The first kappa shape index (κ1) is 16.9. The van der Waals surface area contributed by atoms with Gasteiger partial charge in [-0.3, -0.25) is 9.69 Å². The van der Waals surface area contributed by atoms with Crippen LogP contribution in [0.4, 0.5) is 5.13 Å². The number of piperazine rings is 1. The van der Waals surface area contributed by atoms with Crippen molar-refractivity contribution in [3.8, 4) is 0 Å². The van der Waals surface area contributed by atoms with E-state index in [0.717, 1.165) is 50.7 Å². The normalized spacial score (nSPS) is 15.4. The van der Waals surface area contributed by atoms with E-state index in [4.69, 9.17) is 0 Å². The van der Waals surface area contributed by atoms with Crippen molar-refractivity contribution in [2.75, 3.05) is 44.2 Å². The average Bonchev–Trinajstić information content (AvgIpc) is 3.15. The molecule has 6 heteroatoms. The van der Waals surface area contributed by atoms with Gasteiger partial charge in [0.2, 0.25) is 5.91 Å². The smallest absolute Gasteiger partial charge is 0.234 e. The van der Waals surface area contributed by atoms with E-state index in [1.54, 1.807) is 11.3 Å². The van der Waals surface area contributed by atoms with Crippen molar-refractivity contribution in [1.82, 2.24) is 15.2 Å². The molecule has 1 aromatic carbocycles. The maximum Gasteiger partial charge on any atom is 0.234 e. The number of hydrogen-bond acceptors (Lipinski definition) is 5. The van der Waals surface area contributed by atoms with Crippen molar-refractivity contribution >= 4 is 22.4 Å². The highest BCUT2D eigenvalue weighted by Gasteiger charge is 2.20. The van der Waals surface area contributed by atoms with Gasteiger partial charge in [-0.1, -0.05) is 30.3 Å². The van der Waals surface area contributed by atoms with Gasteiger partial charge in [0.05, 0.1) is 6.54 Å². The van der Waals surface area contributed by atoms with Crippen LogP contribution < -0.4 is 10.2 Å². The van der Waals surface area contributed by atoms with Crippen LogP contribution in [0.2, 0.25) is 0 Å². The molecule has 1 amide bonds. The number of thiazole rings is 1. The number of amides is 1. The number of anilines is 1. The van der Waals surface area contributed by atoms with E-state index < -0.39 is 0 Å². The molecule has 24 heavy (non-hydrogen) atoms. The van der Waals surface area contributed by atoms with Gasteiger partial charge in [-0.15, -0.1) is 11.3 Å². The molecule has 0 radical (unpaired) electrons. The van der Waals surface area contributed by atoms with E-state index in [2.05, 4.69) is 44.4 Å².